The fourth-order valence-electron chi connectivity index (χ4n) is 4.96. The second kappa shape index (κ2) is 10.7. The number of rotatable bonds is 8. The molecule has 2 aliphatic rings. The summed E-state index contributed by atoms with van der Waals surface area (Å²) in [5.74, 6) is 1.91. The van der Waals surface area contributed by atoms with Crippen LogP contribution in [0.5, 0.6) is 17.2 Å². The van der Waals surface area contributed by atoms with E-state index in [4.69, 9.17) is 19.9 Å². The molecule has 0 aliphatic carbocycles. The van der Waals surface area contributed by atoms with Crippen molar-refractivity contribution in [3.8, 4) is 17.2 Å². The molecule has 2 N–H and O–H groups in total. The Morgan fingerprint density at radius 3 is 2.37 bits per heavy atom. The molecule has 38 heavy (non-hydrogen) atoms. The van der Waals surface area contributed by atoms with Crippen LogP contribution < -0.4 is 24.8 Å². The van der Waals surface area contributed by atoms with Crippen molar-refractivity contribution in [3.63, 3.8) is 0 Å². The first kappa shape index (κ1) is 25.5. The summed E-state index contributed by atoms with van der Waals surface area (Å²) in [6, 6.07) is 9.70. The van der Waals surface area contributed by atoms with Crippen molar-refractivity contribution >= 4 is 29.1 Å². The molecule has 3 heterocycles. The van der Waals surface area contributed by atoms with Crippen molar-refractivity contribution in [2.75, 3.05) is 51.7 Å². The maximum absolute atomic E-state index is 13.5. The molecule has 1 fully saturated rings. The van der Waals surface area contributed by atoms with E-state index in [9.17, 15) is 4.79 Å². The molecule has 0 bridgehead atoms. The average Bonchev–Trinajstić information content (AvgIpc) is 3.52. The van der Waals surface area contributed by atoms with Crippen molar-refractivity contribution in [1.29, 1.82) is 0 Å². The number of aryl methyl sites for hydroxylation is 1. The molecule has 198 valence electrons. The van der Waals surface area contributed by atoms with E-state index in [2.05, 4.69) is 19.9 Å². The average molecular weight is 517 g/mol. The van der Waals surface area contributed by atoms with Gasteiger partial charge in [-0.2, -0.15) is 4.98 Å². The highest BCUT2D eigenvalue weighted by atomic mass is 16.5. The number of carbonyl (C=O) groups excluding carboxylic acids is 1. The number of benzene rings is 2. The lowest BCUT2D eigenvalue weighted by Crippen LogP contribution is -2.39. The molecule has 1 saturated heterocycles. The Hall–Kier alpha value is -4.18. The van der Waals surface area contributed by atoms with Gasteiger partial charge in [-0.1, -0.05) is 11.6 Å². The lowest BCUT2D eigenvalue weighted by Gasteiger charge is -2.23. The number of nitrogens with zero attached hydrogens (tertiary/aromatic N) is 5. The highest BCUT2D eigenvalue weighted by molar-refractivity contribution is 6.54. The summed E-state index contributed by atoms with van der Waals surface area (Å²) >= 11 is 0. The summed E-state index contributed by atoms with van der Waals surface area (Å²) in [6.45, 7) is 4.53. The summed E-state index contributed by atoms with van der Waals surface area (Å²) < 4.78 is 16.3. The Balaban J connectivity index is 1.43. The third-order valence-electron chi connectivity index (χ3n) is 6.90. The molecule has 1 aromatic heterocycles. The molecule has 0 radical (unpaired) electrons. The lowest BCUT2D eigenvalue weighted by atomic mass is 10.1. The highest BCUT2D eigenvalue weighted by Gasteiger charge is 2.35. The zero-order valence-corrected chi connectivity index (χ0v) is 22.2. The Kier molecular flexibility index (Phi) is 7.15. The second-order valence-electron chi connectivity index (χ2n) is 9.47. The number of anilines is 2. The van der Waals surface area contributed by atoms with Crippen LogP contribution in [0.4, 0.5) is 17.5 Å². The number of nitrogen functional groups attached to an aromatic ring is 1. The minimum atomic E-state index is -0.152. The van der Waals surface area contributed by atoms with Gasteiger partial charge in [0, 0.05) is 23.7 Å². The molecule has 2 aromatic carbocycles. The molecule has 1 amide bonds. The van der Waals surface area contributed by atoms with E-state index in [-0.39, 0.29) is 17.7 Å². The van der Waals surface area contributed by atoms with Crippen LogP contribution in [-0.4, -0.2) is 67.6 Å². The van der Waals surface area contributed by atoms with Crippen molar-refractivity contribution < 1.29 is 19.0 Å². The number of hydrogen-bond donors (Lipinski definition) is 1. The van der Waals surface area contributed by atoms with Gasteiger partial charge in [0.2, 0.25) is 5.75 Å². The van der Waals surface area contributed by atoms with Gasteiger partial charge < -0.3 is 19.9 Å². The number of methoxy groups -OCH3 is 3. The number of nitrogens with two attached hydrogens (primary N) is 1. The maximum Gasteiger partial charge on any atom is 0.278 e. The van der Waals surface area contributed by atoms with Crippen LogP contribution in [0.25, 0.3) is 0 Å². The third-order valence-corrected chi connectivity index (χ3v) is 6.90. The summed E-state index contributed by atoms with van der Waals surface area (Å²) in [6.07, 6.45) is 4.39. The number of aromatic nitrogens is 2. The van der Waals surface area contributed by atoms with Gasteiger partial charge >= 0.3 is 0 Å². The zero-order valence-electron chi connectivity index (χ0n) is 22.2. The van der Waals surface area contributed by atoms with E-state index in [0.29, 0.717) is 41.6 Å². The number of amides is 1. The minimum Gasteiger partial charge on any atom is -0.493 e. The SMILES string of the molecule is COc1cc(Cc2cnc(/N=C3\C(=O)N(CN4CCCC4)c4ccc(C)cc43)nc2N)cc(OC)c1OC. The van der Waals surface area contributed by atoms with Crippen molar-refractivity contribution in [3.05, 3.63) is 58.8 Å². The molecule has 0 unspecified atom stereocenters. The van der Waals surface area contributed by atoms with E-state index in [1.165, 1.54) is 0 Å². The Morgan fingerprint density at radius 2 is 1.74 bits per heavy atom. The fraction of sp³-hybridized carbons (Fsp3) is 0.357. The highest BCUT2D eigenvalue weighted by Crippen LogP contribution is 2.39. The predicted molar refractivity (Wildman–Crippen MR) is 146 cm³/mol. The van der Waals surface area contributed by atoms with E-state index in [0.717, 1.165) is 48.3 Å². The Labute approximate surface area is 222 Å². The van der Waals surface area contributed by atoms with Gasteiger partial charge in [-0.15, -0.1) is 0 Å². The quantitative estimate of drug-likeness (QED) is 0.484. The number of aliphatic imine (C=N–C) groups is 1. The number of hydrogen-bond acceptors (Lipinski definition) is 9. The van der Waals surface area contributed by atoms with Gasteiger partial charge in [-0.3, -0.25) is 14.6 Å². The minimum absolute atomic E-state index is 0.148. The van der Waals surface area contributed by atoms with Gasteiger partial charge in [0.25, 0.3) is 11.9 Å². The monoisotopic (exact) mass is 516 g/mol. The smallest absolute Gasteiger partial charge is 0.278 e. The van der Waals surface area contributed by atoms with Crippen molar-refractivity contribution in [2.24, 2.45) is 4.99 Å². The predicted octanol–water partition coefficient (Wildman–Crippen LogP) is 3.50. The Morgan fingerprint density at radius 1 is 1.03 bits per heavy atom. The van der Waals surface area contributed by atoms with Crippen LogP contribution in [0.15, 0.2) is 41.5 Å². The molecule has 0 spiro atoms. The Bertz CT molecular complexity index is 1380. The van der Waals surface area contributed by atoms with E-state index in [1.54, 1.807) is 32.4 Å². The molecule has 3 aromatic rings. The van der Waals surface area contributed by atoms with E-state index < -0.39 is 0 Å². The number of fused-ring (bicyclic) bond motifs is 1. The van der Waals surface area contributed by atoms with Gasteiger partial charge in [0.05, 0.1) is 33.7 Å². The van der Waals surface area contributed by atoms with Crippen molar-refractivity contribution in [2.45, 2.75) is 26.2 Å². The summed E-state index contributed by atoms with van der Waals surface area (Å²) in [5, 5.41) is 0. The molecule has 5 rings (SSSR count). The summed E-state index contributed by atoms with van der Waals surface area (Å²) in [5.41, 5.74) is 11.0. The van der Waals surface area contributed by atoms with Gasteiger partial charge in [-0.05, 0) is 62.7 Å². The van der Waals surface area contributed by atoms with Crippen LogP contribution in [0, 0.1) is 6.92 Å². The zero-order chi connectivity index (χ0) is 26.8. The molecule has 2 aliphatic heterocycles. The summed E-state index contributed by atoms with van der Waals surface area (Å²) in [7, 11) is 4.71. The van der Waals surface area contributed by atoms with Crippen LogP contribution in [0.1, 0.15) is 35.1 Å². The van der Waals surface area contributed by atoms with Crippen LogP contribution >= 0.6 is 0 Å². The molecular weight excluding hydrogens is 484 g/mol. The van der Waals surface area contributed by atoms with Gasteiger partial charge in [0.1, 0.15) is 11.5 Å². The van der Waals surface area contributed by atoms with Crippen LogP contribution in [-0.2, 0) is 11.2 Å². The molecular formula is C28H32N6O4. The maximum atomic E-state index is 13.5. The first-order chi connectivity index (χ1) is 18.4. The largest absolute Gasteiger partial charge is 0.493 e. The second-order valence-corrected chi connectivity index (χ2v) is 9.47. The van der Waals surface area contributed by atoms with Crippen LogP contribution in [0.3, 0.4) is 0 Å². The van der Waals surface area contributed by atoms with Crippen LogP contribution in [0.2, 0.25) is 0 Å². The first-order valence-electron chi connectivity index (χ1n) is 12.6. The molecule has 10 nitrogen and oxygen atoms in total. The lowest BCUT2D eigenvalue weighted by molar-refractivity contribution is -0.112. The molecule has 0 atom stereocenters. The fourth-order valence-corrected chi connectivity index (χ4v) is 4.96. The molecule has 0 saturated carbocycles. The third kappa shape index (κ3) is 4.87. The van der Waals surface area contributed by atoms with E-state index >= 15 is 0 Å². The number of carbonyl (C=O) groups is 1. The molecule has 10 heteroatoms. The topological polar surface area (TPSA) is 115 Å². The van der Waals surface area contributed by atoms with E-state index in [1.807, 2.05) is 37.3 Å². The number of ether oxygens (including phenoxy) is 3. The first-order valence-corrected chi connectivity index (χ1v) is 12.6. The summed E-state index contributed by atoms with van der Waals surface area (Å²) in [4.78, 5) is 31.0. The van der Waals surface area contributed by atoms with Gasteiger partial charge in [-0.25, -0.2) is 9.98 Å². The number of likely N-dealkylation sites (tertiary alicyclic amines) is 1. The standard InChI is InChI=1S/C28H32N6O4/c1-17-7-8-21-20(11-17)24(27(35)34(21)16-33-9-5-6-10-33)31-28-30-15-19(26(29)32-28)12-18-13-22(36-2)25(38-4)23(14-18)37-3/h7-8,11,13-15H,5-6,9-10,12,16H2,1-4H3,(H2,29,30,32)/b31-24-. The van der Waals surface area contributed by atoms with Crippen molar-refractivity contribution in [1.82, 2.24) is 14.9 Å². The normalized spacial score (nSPS) is 16.3. The van der Waals surface area contributed by atoms with Gasteiger partial charge in [0.15, 0.2) is 11.5 Å².